The number of hydrogen-bond donors (Lipinski definition) is 4. The van der Waals surface area contributed by atoms with Crippen molar-refractivity contribution in [3.8, 4) is 0 Å². The minimum atomic E-state index is -0.290. The molecule has 0 bridgehead atoms. The maximum absolute atomic E-state index is 11.2. The topological polar surface area (TPSA) is 110 Å². The Morgan fingerprint density at radius 1 is 1.21 bits per heavy atom. The molecule has 0 saturated carbocycles. The summed E-state index contributed by atoms with van der Waals surface area (Å²) in [5, 5.41) is 0. The Balaban J connectivity index is 4.17. The minimum absolute atomic E-state index is 0.243. The third kappa shape index (κ3) is 3.71. The summed E-state index contributed by atoms with van der Waals surface area (Å²) in [6.07, 6.45) is 1.09. The predicted octanol–water partition coefficient (Wildman–Crippen LogP) is -0.981. The molecule has 14 heavy (non-hydrogen) atoms. The number of nitrogens with one attached hydrogen (secondary N) is 2. The SMILES string of the molecule is CCC(CC(C)C(=O)NN)C(=O)NN. The van der Waals surface area contributed by atoms with Gasteiger partial charge in [0.2, 0.25) is 11.8 Å². The molecule has 6 heteroatoms. The van der Waals surface area contributed by atoms with E-state index in [4.69, 9.17) is 11.7 Å². The van der Waals surface area contributed by atoms with Crippen molar-refractivity contribution in [3.63, 3.8) is 0 Å². The van der Waals surface area contributed by atoms with Crippen molar-refractivity contribution in [3.05, 3.63) is 0 Å². The minimum Gasteiger partial charge on any atom is -0.294 e. The van der Waals surface area contributed by atoms with Gasteiger partial charge in [0.25, 0.3) is 0 Å². The molecule has 0 aromatic carbocycles. The van der Waals surface area contributed by atoms with Gasteiger partial charge in [-0.05, 0) is 12.8 Å². The summed E-state index contributed by atoms with van der Waals surface area (Å²) in [5.41, 5.74) is 4.13. The molecule has 0 radical (unpaired) electrons. The second-order valence-corrected chi connectivity index (χ2v) is 3.26. The molecule has 0 aliphatic heterocycles. The summed E-state index contributed by atoms with van der Waals surface area (Å²) in [5.74, 6) is 8.93. The van der Waals surface area contributed by atoms with E-state index in [9.17, 15) is 9.59 Å². The quantitative estimate of drug-likeness (QED) is 0.261. The number of nitrogens with two attached hydrogens (primary N) is 2. The zero-order chi connectivity index (χ0) is 11.1. The van der Waals surface area contributed by atoms with E-state index in [0.29, 0.717) is 12.8 Å². The summed E-state index contributed by atoms with van der Waals surface area (Å²) in [4.78, 5) is 22.3. The molecule has 82 valence electrons. The fraction of sp³-hybridized carbons (Fsp3) is 0.750. The smallest absolute Gasteiger partial charge is 0.236 e. The largest absolute Gasteiger partial charge is 0.294 e. The Bertz CT molecular complexity index is 208. The molecule has 0 aliphatic rings. The van der Waals surface area contributed by atoms with Crippen LogP contribution in [0.25, 0.3) is 0 Å². The van der Waals surface area contributed by atoms with Crippen LogP contribution in [0, 0.1) is 11.8 Å². The van der Waals surface area contributed by atoms with Crippen molar-refractivity contribution in [2.24, 2.45) is 23.5 Å². The van der Waals surface area contributed by atoms with Crippen LogP contribution in [0.2, 0.25) is 0 Å². The number of carbonyl (C=O) groups excluding carboxylic acids is 2. The van der Waals surface area contributed by atoms with E-state index in [1.165, 1.54) is 0 Å². The molecular formula is C8H18N4O2. The van der Waals surface area contributed by atoms with E-state index in [1.807, 2.05) is 12.3 Å². The van der Waals surface area contributed by atoms with Gasteiger partial charge in [0.05, 0.1) is 0 Å². The Kier molecular flexibility index (Phi) is 5.82. The summed E-state index contributed by atoms with van der Waals surface area (Å²) in [6.45, 7) is 3.58. The Morgan fingerprint density at radius 2 is 1.71 bits per heavy atom. The van der Waals surface area contributed by atoms with Gasteiger partial charge in [-0.25, -0.2) is 11.7 Å². The first-order valence-electron chi connectivity index (χ1n) is 4.57. The molecule has 0 fully saturated rings. The zero-order valence-electron chi connectivity index (χ0n) is 8.54. The molecule has 0 aromatic rings. The maximum Gasteiger partial charge on any atom is 0.236 e. The summed E-state index contributed by atoms with van der Waals surface area (Å²) < 4.78 is 0. The van der Waals surface area contributed by atoms with Gasteiger partial charge in [0.15, 0.2) is 0 Å². The third-order valence-electron chi connectivity index (χ3n) is 2.23. The number of rotatable bonds is 5. The van der Waals surface area contributed by atoms with Crippen molar-refractivity contribution in [1.82, 2.24) is 10.9 Å². The van der Waals surface area contributed by atoms with Crippen LogP contribution in [0.5, 0.6) is 0 Å². The molecule has 6 N–H and O–H groups in total. The molecule has 0 aliphatic carbocycles. The highest BCUT2D eigenvalue weighted by Crippen LogP contribution is 2.15. The van der Waals surface area contributed by atoms with Crippen LogP contribution >= 0.6 is 0 Å². The molecule has 0 aromatic heterocycles. The predicted molar refractivity (Wildman–Crippen MR) is 52.2 cm³/mol. The average molecular weight is 202 g/mol. The highest BCUT2D eigenvalue weighted by molar-refractivity contribution is 5.81. The van der Waals surface area contributed by atoms with Gasteiger partial charge >= 0.3 is 0 Å². The molecular weight excluding hydrogens is 184 g/mol. The Labute approximate surface area is 83.3 Å². The number of carbonyl (C=O) groups is 2. The highest BCUT2D eigenvalue weighted by Gasteiger charge is 2.21. The van der Waals surface area contributed by atoms with Gasteiger partial charge in [-0.2, -0.15) is 0 Å². The summed E-state index contributed by atoms with van der Waals surface area (Å²) >= 11 is 0. The van der Waals surface area contributed by atoms with Gasteiger partial charge in [0.1, 0.15) is 0 Å². The van der Waals surface area contributed by atoms with Crippen LogP contribution in [-0.2, 0) is 9.59 Å². The third-order valence-corrected chi connectivity index (χ3v) is 2.23. The lowest BCUT2D eigenvalue weighted by atomic mass is 9.92. The number of hydrogen-bond acceptors (Lipinski definition) is 4. The average Bonchev–Trinajstić information content (AvgIpc) is 2.22. The monoisotopic (exact) mass is 202 g/mol. The first kappa shape index (κ1) is 12.9. The molecule has 2 amide bonds. The Morgan fingerprint density at radius 3 is 2.07 bits per heavy atom. The lowest BCUT2D eigenvalue weighted by Crippen LogP contribution is -2.39. The van der Waals surface area contributed by atoms with Crippen molar-refractivity contribution in [2.75, 3.05) is 0 Å². The summed E-state index contributed by atoms with van der Waals surface area (Å²) in [6, 6.07) is 0. The second-order valence-electron chi connectivity index (χ2n) is 3.26. The standard InChI is InChI=1S/C8H18N4O2/c1-3-6(8(14)12-10)4-5(2)7(13)11-9/h5-6H,3-4,9-10H2,1-2H3,(H,11,13)(H,12,14). The van der Waals surface area contributed by atoms with Crippen LogP contribution in [0.1, 0.15) is 26.7 Å². The fourth-order valence-electron chi connectivity index (χ4n) is 1.25. The van der Waals surface area contributed by atoms with Crippen molar-refractivity contribution < 1.29 is 9.59 Å². The first-order chi connectivity index (χ1) is 6.56. The number of amides is 2. The van der Waals surface area contributed by atoms with Gasteiger partial charge in [-0.3, -0.25) is 20.4 Å². The van der Waals surface area contributed by atoms with Crippen LogP contribution < -0.4 is 22.5 Å². The van der Waals surface area contributed by atoms with Gasteiger partial charge in [-0.15, -0.1) is 0 Å². The molecule has 0 heterocycles. The van der Waals surface area contributed by atoms with E-state index in [1.54, 1.807) is 6.92 Å². The lowest BCUT2D eigenvalue weighted by molar-refractivity contribution is -0.128. The van der Waals surface area contributed by atoms with Crippen LogP contribution in [0.4, 0.5) is 0 Å². The molecule has 0 rings (SSSR count). The van der Waals surface area contributed by atoms with Crippen LogP contribution in [0.15, 0.2) is 0 Å². The maximum atomic E-state index is 11.2. The Hall–Kier alpha value is -1.14. The summed E-state index contributed by atoms with van der Waals surface area (Å²) in [7, 11) is 0. The van der Waals surface area contributed by atoms with Gasteiger partial charge < -0.3 is 0 Å². The molecule has 0 spiro atoms. The molecule has 0 saturated heterocycles. The van der Waals surface area contributed by atoms with Crippen LogP contribution in [-0.4, -0.2) is 11.8 Å². The van der Waals surface area contributed by atoms with E-state index in [0.717, 1.165) is 0 Å². The van der Waals surface area contributed by atoms with Gasteiger partial charge in [-0.1, -0.05) is 13.8 Å². The second kappa shape index (κ2) is 6.33. The normalized spacial score (nSPS) is 14.3. The van der Waals surface area contributed by atoms with E-state index in [2.05, 4.69) is 5.43 Å². The van der Waals surface area contributed by atoms with Crippen molar-refractivity contribution in [2.45, 2.75) is 26.7 Å². The van der Waals surface area contributed by atoms with Crippen molar-refractivity contribution >= 4 is 11.8 Å². The van der Waals surface area contributed by atoms with E-state index in [-0.39, 0.29) is 23.7 Å². The highest BCUT2D eigenvalue weighted by atomic mass is 16.2. The van der Waals surface area contributed by atoms with Crippen LogP contribution in [0.3, 0.4) is 0 Å². The van der Waals surface area contributed by atoms with E-state index < -0.39 is 0 Å². The number of hydrazine groups is 2. The van der Waals surface area contributed by atoms with Gasteiger partial charge in [0, 0.05) is 11.8 Å². The molecule has 6 nitrogen and oxygen atoms in total. The molecule has 2 unspecified atom stereocenters. The first-order valence-corrected chi connectivity index (χ1v) is 4.57. The molecule has 2 atom stereocenters. The zero-order valence-corrected chi connectivity index (χ0v) is 8.54. The van der Waals surface area contributed by atoms with E-state index >= 15 is 0 Å². The fourth-order valence-corrected chi connectivity index (χ4v) is 1.25. The lowest BCUT2D eigenvalue weighted by Gasteiger charge is -2.16. The van der Waals surface area contributed by atoms with Crippen molar-refractivity contribution in [1.29, 1.82) is 0 Å².